The van der Waals surface area contributed by atoms with Crippen molar-refractivity contribution in [1.82, 2.24) is 4.72 Å². The van der Waals surface area contributed by atoms with Crippen LogP contribution in [0.3, 0.4) is 0 Å². The van der Waals surface area contributed by atoms with E-state index in [9.17, 15) is 74.7 Å². The Morgan fingerprint density at radius 2 is 1.14 bits per heavy atom. The largest absolute Gasteiger partial charge is 0.461 e. The van der Waals surface area contributed by atoms with E-state index in [1.54, 1.807) is 0 Å². The van der Waals surface area contributed by atoms with Crippen molar-refractivity contribution in [2.45, 2.75) is 55.3 Å². The van der Waals surface area contributed by atoms with E-state index in [0.717, 1.165) is 0 Å². The summed E-state index contributed by atoms with van der Waals surface area (Å²) in [5, 5.41) is 0. The second kappa shape index (κ2) is 11.3. The quantitative estimate of drug-likeness (QED) is 0.150. The molecule has 0 heterocycles. The number of hydrogen-bond donors (Lipinski definition) is 1. The molecule has 5 nitrogen and oxygen atoms in total. The Bertz CT molecular complexity index is 792. The highest BCUT2D eigenvalue weighted by atomic mass is 32.2. The monoisotopic (exact) mass is 585 g/mol. The summed E-state index contributed by atoms with van der Waals surface area (Å²) in [6.07, 6.45) is -35.4. The maximum atomic E-state index is 14.0. The van der Waals surface area contributed by atoms with Crippen LogP contribution in [0.2, 0.25) is 0 Å². The second-order valence-electron chi connectivity index (χ2n) is 7.24. The molecule has 0 saturated carbocycles. The molecule has 20 heteroatoms. The number of halogens is 14. The molecule has 0 rings (SSSR count). The van der Waals surface area contributed by atoms with Gasteiger partial charge in [-0.15, -0.1) is 0 Å². The van der Waals surface area contributed by atoms with Crippen LogP contribution in [0.4, 0.5) is 61.5 Å². The first-order chi connectivity index (χ1) is 15.7. The molecule has 36 heavy (non-hydrogen) atoms. The maximum Gasteiger partial charge on any atom is 0.431 e. The van der Waals surface area contributed by atoms with Gasteiger partial charge in [0, 0.05) is 25.5 Å². The zero-order chi connectivity index (χ0) is 29.0. The number of hydrogen-bond acceptors (Lipinski definition) is 4. The topological polar surface area (TPSA) is 72.5 Å². The van der Waals surface area contributed by atoms with Crippen molar-refractivity contribution in [3.63, 3.8) is 0 Å². The summed E-state index contributed by atoms with van der Waals surface area (Å²) in [4.78, 5) is 10.8. The predicted octanol–water partition coefficient (Wildman–Crippen LogP) is 5.09. The molecular weight excluding hydrogens is 568 g/mol. The van der Waals surface area contributed by atoms with Crippen LogP contribution in [0.15, 0.2) is 12.7 Å². The number of ether oxygens (including phenoxy) is 1. The van der Waals surface area contributed by atoms with Crippen molar-refractivity contribution in [3.8, 4) is 0 Å². The number of carbonyl (C=O) groups excluding carboxylic acids is 1. The number of rotatable bonds is 12. The van der Waals surface area contributed by atoms with E-state index in [1.807, 2.05) is 0 Å². The van der Waals surface area contributed by atoms with Crippen molar-refractivity contribution in [3.05, 3.63) is 12.7 Å². The van der Waals surface area contributed by atoms with Crippen molar-refractivity contribution in [2.24, 2.45) is 5.92 Å². The molecule has 0 bridgehead atoms. The molecule has 0 aliphatic carbocycles. The molecule has 0 amide bonds. The van der Waals surface area contributed by atoms with E-state index in [4.69, 9.17) is 0 Å². The molecule has 0 radical (unpaired) electrons. The van der Waals surface area contributed by atoms with Gasteiger partial charge in [-0.25, -0.2) is 26.7 Å². The van der Waals surface area contributed by atoms with E-state index in [2.05, 4.69) is 11.3 Å². The summed E-state index contributed by atoms with van der Waals surface area (Å²) in [6.45, 7) is 1.44. The number of carbonyl (C=O) groups is 1. The fourth-order valence-electron chi connectivity index (χ4n) is 2.66. The lowest BCUT2D eigenvalue weighted by Crippen LogP contribution is -2.57. The van der Waals surface area contributed by atoms with Crippen LogP contribution in [0.25, 0.3) is 0 Å². The fourth-order valence-corrected chi connectivity index (χ4v) is 3.84. The lowest BCUT2D eigenvalue weighted by Gasteiger charge is -2.37. The molecule has 0 aromatic carbocycles. The standard InChI is InChI=1S/C16H17F14NO4S/c1-2-10(32)35-5-4-31-36(33,34)6-3-9(7-11(17,13(19,20)21)14(22,23)24)8-12(18,15(25,26)27)16(28,29)30/h2,9,31H,1,3-8H2. The van der Waals surface area contributed by atoms with Crippen LogP contribution in [-0.4, -0.2) is 69.3 Å². The first-order valence-electron chi connectivity index (χ1n) is 9.15. The molecule has 0 saturated heterocycles. The molecule has 0 atom stereocenters. The molecule has 0 aliphatic rings. The lowest BCUT2D eigenvalue weighted by atomic mass is 9.81. The third kappa shape index (κ3) is 8.62. The summed E-state index contributed by atoms with van der Waals surface area (Å²) in [6, 6.07) is 0. The zero-order valence-corrected chi connectivity index (χ0v) is 18.3. The Labute approximate surface area is 193 Å². The molecule has 1 N–H and O–H groups in total. The zero-order valence-electron chi connectivity index (χ0n) is 17.4. The number of alkyl halides is 14. The van der Waals surface area contributed by atoms with Crippen molar-refractivity contribution < 1.29 is 79.4 Å². The Hall–Kier alpha value is -1.86. The van der Waals surface area contributed by atoms with E-state index in [0.29, 0.717) is 6.08 Å². The van der Waals surface area contributed by atoms with E-state index in [1.165, 1.54) is 4.72 Å². The lowest BCUT2D eigenvalue weighted by molar-refractivity contribution is -0.356. The minimum atomic E-state index is -6.93. The highest BCUT2D eigenvalue weighted by molar-refractivity contribution is 7.89. The summed E-state index contributed by atoms with van der Waals surface area (Å²) in [5.74, 6) is -6.21. The van der Waals surface area contributed by atoms with Crippen molar-refractivity contribution >= 4 is 16.0 Å². The average Bonchev–Trinajstić information content (AvgIpc) is 2.65. The number of nitrogens with one attached hydrogen (secondary N) is 1. The second-order valence-corrected chi connectivity index (χ2v) is 9.17. The predicted molar refractivity (Wildman–Crippen MR) is 92.2 cm³/mol. The molecule has 214 valence electrons. The van der Waals surface area contributed by atoms with Gasteiger partial charge in [0.1, 0.15) is 6.61 Å². The van der Waals surface area contributed by atoms with Crippen molar-refractivity contribution in [1.29, 1.82) is 0 Å². The van der Waals surface area contributed by atoms with Crippen LogP contribution < -0.4 is 4.72 Å². The summed E-state index contributed by atoms with van der Waals surface area (Å²) >= 11 is 0. The third-order valence-corrected chi connectivity index (χ3v) is 5.98. The van der Waals surface area contributed by atoms with Gasteiger partial charge in [-0.3, -0.25) is 0 Å². The Kier molecular flexibility index (Phi) is 10.7. The van der Waals surface area contributed by atoms with Gasteiger partial charge in [-0.05, 0) is 12.3 Å². The van der Waals surface area contributed by atoms with Crippen LogP contribution in [0, 0.1) is 5.92 Å². The molecule has 0 fully saturated rings. The van der Waals surface area contributed by atoms with Crippen LogP contribution in [-0.2, 0) is 19.6 Å². The van der Waals surface area contributed by atoms with Gasteiger partial charge < -0.3 is 4.74 Å². The number of sulfonamides is 1. The average molecular weight is 585 g/mol. The number of esters is 1. The summed E-state index contributed by atoms with van der Waals surface area (Å²) < 4.78 is 211. The molecular formula is C16H17F14NO4S. The molecule has 0 spiro atoms. The van der Waals surface area contributed by atoms with Crippen molar-refractivity contribution in [2.75, 3.05) is 18.9 Å². The van der Waals surface area contributed by atoms with Gasteiger partial charge in [0.25, 0.3) is 11.3 Å². The summed E-state index contributed by atoms with van der Waals surface area (Å²) in [7, 11) is -4.87. The highest BCUT2D eigenvalue weighted by Gasteiger charge is 2.75. The Morgan fingerprint density at radius 3 is 1.44 bits per heavy atom. The van der Waals surface area contributed by atoms with Gasteiger partial charge in [0.05, 0.1) is 5.75 Å². The van der Waals surface area contributed by atoms with Gasteiger partial charge in [-0.1, -0.05) is 6.58 Å². The minimum Gasteiger partial charge on any atom is -0.461 e. The van der Waals surface area contributed by atoms with Gasteiger partial charge in [-0.2, -0.15) is 52.7 Å². The van der Waals surface area contributed by atoms with Gasteiger partial charge in [0.2, 0.25) is 10.0 Å². The van der Waals surface area contributed by atoms with Crippen LogP contribution in [0.5, 0.6) is 0 Å². The Morgan fingerprint density at radius 1 is 0.778 bits per heavy atom. The minimum absolute atomic E-state index is 0.633. The van der Waals surface area contributed by atoms with E-state index in [-0.39, 0.29) is 0 Å². The molecule has 0 unspecified atom stereocenters. The smallest absolute Gasteiger partial charge is 0.431 e. The van der Waals surface area contributed by atoms with Gasteiger partial charge in [0.15, 0.2) is 0 Å². The summed E-state index contributed by atoms with van der Waals surface area (Å²) in [5.41, 5.74) is -12.8. The highest BCUT2D eigenvalue weighted by Crippen LogP contribution is 2.54. The molecule has 0 aromatic heterocycles. The normalized spacial score (nSPS) is 14.8. The first-order valence-corrected chi connectivity index (χ1v) is 10.8. The third-order valence-electron chi connectivity index (χ3n) is 4.57. The van der Waals surface area contributed by atoms with Crippen LogP contribution in [0.1, 0.15) is 19.3 Å². The van der Waals surface area contributed by atoms with E-state index < -0.39 is 96.1 Å². The molecule has 0 aromatic rings. The Balaban J connectivity index is 6.10. The maximum absolute atomic E-state index is 14.0. The van der Waals surface area contributed by atoms with Crippen LogP contribution >= 0.6 is 0 Å². The SMILES string of the molecule is C=CC(=O)OCCNS(=O)(=O)CCC(CC(F)(C(F)(F)F)C(F)(F)F)CC(F)(C(F)(F)F)C(F)(F)F. The molecule has 0 aliphatic heterocycles. The fraction of sp³-hybridized carbons (Fsp3) is 0.812. The van der Waals surface area contributed by atoms with E-state index >= 15 is 0 Å². The first kappa shape index (κ1) is 34.1. The van der Waals surface area contributed by atoms with Gasteiger partial charge >= 0.3 is 30.7 Å².